The summed E-state index contributed by atoms with van der Waals surface area (Å²) < 4.78 is 5.43. The first kappa shape index (κ1) is 13.3. The number of rotatable bonds is 5. The van der Waals surface area contributed by atoms with Gasteiger partial charge in [0.1, 0.15) is 18.1 Å². The number of hydrogen-bond donors (Lipinski definition) is 2. The lowest BCUT2D eigenvalue weighted by Gasteiger charge is -2.30. The summed E-state index contributed by atoms with van der Waals surface area (Å²) in [4.78, 5) is 0. The SMILES string of the molecule is CCC(NCc1ccc(CO)o1)C(C)(C)C. The molecule has 0 amide bonds. The zero-order chi connectivity index (χ0) is 12.2. The van der Waals surface area contributed by atoms with E-state index in [-0.39, 0.29) is 12.0 Å². The summed E-state index contributed by atoms with van der Waals surface area (Å²) >= 11 is 0. The van der Waals surface area contributed by atoms with Gasteiger partial charge in [-0.3, -0.25) is 0 Å². The Bertz CT molecular complexity index is 312. The van der Waals surface area contributed by atoms with Crippen LogP contribution < -0.4 is 5.32 Å². The average molecular weight is 225 g/mol. The molecule has 1 unspecified atom stereocenters. The molecule has 0 aromatic carbocycles. The Hall–Kier alpha value is -0.800. The summed E-state index contributed by atoms with van der Waals surface area (Å²) in [7, 11) is 0. The molecule has 0 fully saturated rings. The maximum atomic E-state index is 8.89. The molecule has 2 N–H and O–H groups in total. The summed E-state index contributed by atoms with van der Waals surface area (Å²) in [6.45, 7) is 9.57. The second-order valence-electron chi connectivity index (χ2n) is 5.23. The van der Waals surface area contributed by atoms with Crippen LogP contribution in [0.1, 0.15) is 45.6 Å². The van der Waals surface area contributed by atoms with Crippen LogP contribution in [0, 0.1) is 5.41 Å². The lowest BCUT2D eigenvalue weighted by atomic mass is 9.85. The van der Waals surface area contributed by atoms with Crippen LogP contribution in [0.3, 0.4) is 0 Å². The summed E-state index contributed by atoms with van der Waals surface area (Å²) in [6, 6.07) is 4.19. The van der Waals surface area contributed by atoms with Crippen LogP contribution in [-0.4, -0.2) is 11.1 Å². The molecular formula is C13H23NO2. The molecule has 1 aromatic rings. The Labute approximate surface area is 97.9 Å². The van der Waals surface area contributed by atoms with Crippen LogP contribution >= 0.6 is 0 Å². The molecule has 0 radical (unpaired) electrons. The highest BCUT2D eigenvalue weighted by molar-refractivity contribution is 5.06. The molecule has 0 aliphatic heterocycles. The molecule has 1 aromatic heterocycles. The molecular weight excluding hydrogens is 202 g/mol. The first-order valence-corrected chi connectivity index (χ1v) is 5.89. The van der Waals surface area contributed by atoms with E-state index in [4.69, 9.17) is 9.52 Å². The molecule has 0 saturated heterocycles. The smallest absolute Gasteiger partial charge is 0.129 e. The molecule has 0 spiro atoms. The normalized spacial score (nSPS) is 14.1. The molecule has 3 nitrogen and oxygen atoms in total. The largest absolute Gasteiger partial charge is 0.462 e. The Balaban J connectivity index is 2.49. The van der Waals surface area contributed by atoms with Crippen molar-refractivity contribution in [2.24, 2.45) is 5.41 Å². The van der Waals surface area contributed by atoms with Crippen molar-refractivity contribution >= 4 is 0 Å². The van der Waals surface area contributed by atoms with Crippen molar-refractivity contribution in [3.05, 3.63) is 23.7 Å². The van der Waals surface area contributed by atoms with Gasteiger partial charge in [-0.2, -0.15) is 0 Å². The first-order valence-electron chi connectivity index (χ1n) is 5.89. The molecule has 1 heterocycles. The predicted molar refractivity (Wildman–Crippen MR) is 65.0 cm³/mol. The van der Waals surface area contributed by atoms with E-state index in [1.165, 1.54) is 0 Å². The van der Waals surface area contributed by atoms with Gasteiger partial charge in [0.2, 0.25) is 0 Å². The third-order valence-corrected chi connectivity index (χ3v) is 2.85. The van der Waals surface area contributed by atoms with Crippen molar-refractivity contribution in [1.82, 2.24) is 5.32 Å². The summed E-state index contributed by atoms with van der Waals surface area (Å²) in [5.74, 6) is 1.51. The van der Waals surface area contributed by atoms with Crippen LogP contribution in [0.2, 0.25) is 0 Å². The zero-order valence-corrected chi connectivity index (χ0v) is 10.7. The van der Waals surface area contributed by atoms with E-state index in [2.05, 4.69) is 33.0 Å². The van der Waals surface area contributed by atoms with E-state index < -0.39 is 0 Å². The van der Waals surface area contributed by atoms with E-state index in [9.17, 15) is 0 Å². The van der Waals surface area contributed by atoms with Gasteiger partial charge >= 0.3 is 0 Å². The highest BCUT2D eigenvalue weighted by atomic mass is 16.4. The third-order valence-electron chi connectivity index (χ3n) is 2.85. The van der Waals surface area contributed by atoms with E-state index in [0.29, 0.717) is 11.8 Å². The van der Waals surface area contributed by atoms with Gasteiger partial charge in [0, 0.05) is 6.04 Å². The number of furan rings is 1. The molecule has 16 heavy (non-hydrogen) atoms. The van der Waals surface area contributed by atoms with E-state index in [1.807, 2.05) is 12.1 Å². The first-order chi connectivity index (χ1) is 7.47. The van der Waals surface area contributed by atoms with Crippen LogP contribution in [0.4, 0.5) is 0 Å². The second-order valence-corrected chi connectivity index (χ2v) is 5.23. The number of aliphatic hydroxyl groups excluding tert-OH is 1. The van der Waals surface area contributed by atoms with Gasteiger partial charge in [-0.25, -0.2) is 0 Å². The molecule has 1 atom stereocenters. The minimum Gasteiger partial charge on any atom is -0.462 e. The highest BCUT2D eigenvalue weighted by Gasteiger charge is 2.22. The second kappa shape index (κ2) is 5.51. The van der Waals surface area contributed by atoms with Crippen molar-refractivity contribution < 1.29 is 9.52 Å². The maximum Gasteiger partial charge on any atom is 0.129 e. The van der Waals surface area contributed by atoms with E-state index in [1.54, 1.807) is 0 Å². The molecule has 0 bridgehead atoms. The van der Waals surface area contributed by atoms with Gasteiger partial charge < -0.3 is 14.8 Å². The van der Waals surface area contributed by atoms with Crippen molar-refractivity contribution in [3.63, 3.8) is 0 Å². The van der Waals surface area contributed by atoms with Gasteiger partial charge in [0.15, 0.2) is 0 Å². The van der Waals surface area contributed by atoms with E-state index in [0.717, 1.165) is 18.7 Å². The molecule has 92 valence electrons. The Morgan fingerprint density at radius 3 is 2.38 bits per heavy atom. The Morgan fingerprint density at radius 1 is 1.31 bits per heavy atom. The third kappa shape index (κ3) is 3.65. The van der Waals surface area contributed by atoms with Crippen molar-refractivity contribution in [3.8, 4) is 0 Å². The van der Waals surface area contributed by atoms with Crippen LogP contribution in [-0.2, 0) is 13.2 Å². The lowest BCUT2D eigenvalue weighted by molar-refractivity contribution is 0.233. The fourth-order valence-corrected chi connectivity index (χ4v) is 1.89. The number of aliphatic hydroxyl groups is 1. The Morgan fingerprint density at radius 2 is 1.94 bits per heavy atom. The van der Waals surface area contributed by atoms with Crippen molar-refractivity contribution in [1.29, 1.82) is 0 Å². The van der Waals surface area contributed by atoms with Gasteiger partial charge in [0.05, 0.1) is 6.54 Å². The molecule has 0 saturated carbocycles. The highest BCUT2D eigenvalue weighted by Crippen LogP contribution is 2.22. The monoisotopic (exact) mass is 225 g/mol. The lowest BCUT2D eigenvalue weighted by Crippen LogP contribution is -2.39. The molecule has 3 heteroatoms. The van der Waals surface area contributed by atoms with Crippen LogP contribution in [0.5, 0.6) is 0 Å². The minimum absolute atomic E-state index is 0.0313. The number of nitrogens with one attached hydrogen (secondary N) is 1. The van der Waals surface area contributed by atoms with Gasteiger partial charge in [-0.1, -0.05) is 27.7 Å². The summed E-state index contributed by atoms with van der Waals surface area (Å²) in [6.07, 6.45) is 1.09. The van der Waals surface area contributed by atoms with Gasteiger partial charge in [-0.05, 0) is 24.0 Å². The predicted octanol–water partition coefficient (Wildman–Crippen LogP) is 2.69. The topological polar surface area (TPSA) is 45.4 Å². The fraction of sp³-hybridized carbons (Fsp3) is 0.692. The molecule has 0 aliphatic rings. The minimum atomic E-state index is -0.0313. The fourth-order valence-electron chi connectivity index (χ4n) is 1.89. The van der Waals surface area contributed by atoms with E-state index >= 15 is 0 Å². The van der Waals surface area contributed by atoms with Crippen LogP contribution in [0.25, 0.3) is 0 Å². The molecule has 0 aliphatic carbocycles. The average Bonchev–Trinajstić information content (AvgIpc) is 2.64. The van der Waals surface area contributed by atoms with Crippen molar-refractivity contribution in [2.45, 2.75) is 53.3 Å². The standard InChI is InChI=1S/C13H23NO2/c1-5-12(13(2,3)4)14-8-10-6-7-11(9-15)16-10/h6-7,12,14-15H,5,8-9H2,1-4H3. The Kier molecular flexibility index (Phi) is 4.56. The van der Waals surface area contributed by atoms with Gasteiger partial charge in [-0.15, -0.1) is 0 Å². The number of hydrogen-bond acceptors (Lipinski definition) is 3. The van der Waals surface area contributed by atoms with Crippen LogP contribution in [0.15, 0.2) is 16.5 Å². The molecule has 1 rings (SSSR count). The quantitative estimate of drug-likeness (QED) is 0.810. The van der Waals surface area contributed by atoms with Crippen molar-refractivity contribution in [2.75, 3.05) is 0 Å². The summed E-state index contributed by atoms with van der Waals surface area (Å²) in [5.41, 5.74) is 0.251. The zero-order valence-electron chi connectivity index (χ0n) is 10.7. The summed E-state index contributed by atoms with van der Waals surface area (Å²) in [5, 5.41) is 12.4. The van der Waals surface area contributed by atoms with Gasteiger partial charge in [0.25, 0.3) is 0 Å². The maximum absolute atomic E-state index is 8.89.